The highest BCUT2D eigenvalue weighted by atomic mass is 32.1. The van der Waals surface area contributed by atoms with Crippen molar-refractivity contribution in [2.45, 2.75) is 38.3 Å². The summed E-state index contributed by atoms with van der Waals surface area (Å²) < 4.78 is 5.58. The number of aliphatic hydroxyl groups is 1. The molecule has 4 rings (SSSR count). The van der Waals surface area contributed by atoms with Crippen LogP contribution in [0.25, 0.3) is 0 Å². The predicted octanol–water partition coefficient (Wildman–Crippen LogP) is 3.23. The Morgan fingerprint density at radius 2 is 2.17 bits per heavy atom. The van der Waals surface area contributed by atoms with E-state index < -0.39 is 0 Å². The molecule has 1 aromatic heterocycles. The summed E-state index contributed by atoms with van der Waals surface area (Å²) in [5.74, 6) is 1.20. The molecule has 5 heteroatoms. The Hall–Kier alpha value is -1.85. The van der Waals surface area contributed by atoms with Crippen LogP contribution in [0.15, 0.2) is 30.3 Å². The van der Waals surface area contributed by atoms with Crippen LogP contribution in [-0.2, 0) is 6.42 Å². The summed E-state index contributed by atoms with van der Waals surface area (Å²) in [5.41, 5.74) is 2.32. The van der Waals surface area contributed by atoms with E-state index in [0.717, 1.165) is 46.9 Å². The van der Waals surface area contributed by atoms with Crippen molar-refractivity contribution >= 4 is 17.2 Å². The fourth-order valence-corrected chi connectivity index (χ4v) is 4.31. The summed E-state index contributed by atoms with van der Waals surface area (Å²) in [6.45, 7) is 2.73. The zero-order valence-electron chi connectivity index (χ0n) is 13.6. The van der Waals surface area contributed by atoms with E-state index in [1.807, 2.05) is 31.2 Å². The molecule has 2 aromatic rings. The van der Waals surface area contributed by atoms with Crippen molar-refractivity contribution in [1.29, 1.82) is 0 Å². The second kappa shape index (κ2) is 6.22. The summed E-state index contributed by atoms with van der Waals surface area (Å²) in [5, 5.41) is 12.9. The van der Waals surface area contributed by atoms with Gasteiger partial charge >= 0.3 is 0 Å². The lowest BCUT2D eigenvalue weighted by Gasteiger charge is -2.38. The van der Waals surface area contributed by atoms with E-state index in [1.54, 1.807) is 0 Å². The number of ether oxygens (including phenoxy) is 1. The van der Waals surface area contributed by atoms with E-state index >= 15 is 0 Å². The molecule has 1 aliphatic carbocycles. The quantitative estimate of drug-likeness (QED) is 0.896. The molecule has 2 N–H and O–H groups in total. The molecule has 1 amide bonds. The molecule has 4 nitrogen and oxygen atoms in total. The maximum Gasteiger partial charge on any atom is 0.261 e. The van der Waals surface area contributed by atoms with Crippen LogP contribution in [0.5, 0.6) is 5.75 Å². The van der Waals surface area contributed by atoms with Crippen molar-refractivity contribution < 1.29 is 14.6 Å². The van der Waals surface area contributed by atoms with Crippen LogP contribution >= 0.6 is 11.3 Å². The molecule has 1 unspecified atom stereocenters. The average Bonchev–Trinajstić information content (AvgIpc) is 3.17. The lowest BCUT2D eigenvalue weighted by Crippen LogP contribution is -2.41. The zero-order valence-corrected chi connectivity index (χ0v) is 14.4. The minimum Gasteiger partial charge on any atom is -0.493 e. The Labute approximate surface area is 145 Å². The maximum atomic E-state index is 12.6. The first-order chi connectivity index (χ1) is 11.6. The van der Waals surface area contributed by atoms with E-state index in [4.69, 9.17) is 4.74 Å². The van der Waals surface area contributed by atoms with Crippen molar-refractivity contribution in [2.24, 2.45) is 5.92 Å². The lowest BCUT2D eigenvalue weighted by atomic mass is 9.75. The molecule has 0 spiro atoms. The second-order valence-electron chi connectivity index (χ2n) is 6.71. The van der Waals surface area contributed by atoms with E-state index in [0.29, 0.717) is 0 Å². The molecule has 126 valence electrons. The summed E-state index contributed by atoms with van der Waals surface area (Å²) in [4.78, 5) is 14.5. The first kappa shape index (κ1) is 15.7. The van der Waals surface area contributed by atoms with Gasteiger partial charge in [-0.3, -0.25) is 4.79 Å². The van der Waals surface area contributed by atoms with Gasteiger partial charge in [-0.05, 0) is 61.1 Å². The summed E-state index contributed by atoms with van der Waals surface area (Å²) in [6, 6.07) is 9.97. The highest BCUT2D eigenvalue weighted by Crippen LogP contribution is 2.40. The third kappa shape index (κ3) is 2.94. The standard InChI is InChI=1S/C19H21NO3S/c1-11-2-5-17(24-11)19(22)20-18(14-9-15(21)10-14)13-3-4-16-12(8-13)6-7-23-16/h2-5,8,14-15,18,21H,6-7,9-10H2,1H3,(H,20,22). The van der Waals surface area contributed by atoms with Crippen molar-refractivity contribution in [2.75, 3.05) is 6.61 Å². The fourth-order valence-electron chi connectivity index (χ4n) is 3.54. The van der Waals surface area contributed by atoms with Gasteiger partial charge in [0, 0.05) is 11.3 Å². The number of hydrogen-bond acceptors (Lipinski definition) is 4. The van der Waals surface area contributed by atoms with Gasteiger partial charge in [0.2, 0.25) is 0 Å². The van der Waals surface area contributed by atoms with Gasteiger partial charge in [-0.1, -0.05) is 6.07 Å². The Kier molecular flexibility index (Phi) is 4.06. The highest BCUT2D eigenvalue weighted by Gasteiger charge is 2.36. The van der Waals surface area contributed by atoms with Crippen molar-refractivity contribution in [3.05, 3.63) is 51.2 Å². The molecule has 0 radical (unpaired) electrons. The van der Waals surface area contributed by atoms with Gasteiger partial charge in [-0.15, -0.1) is 11.3 Å². The number of aliphatic hydroxyl groups excluding tert-OH is 1. The van der Waals surface area contributed by atoms with E-state index in [1.165, 1.54) is 16.9 Å². The minimum absolute atomic E-state index is 0.0313. The van der Waals surface area contributed by atoms with E-state index in [2.05, 4.69) is 11.4 Å². The Bertz CT molecular complexity index is 764. The van der Waals surface area contributed by atoms with Crippen LogP contribution in [0.2, 0.25) is 0 Å². The highest BCUT2D eigenvalue weighted by molar-refractivity contribution is 7.13. The van der Waals surface area contributed by atoms with Gasteiger partial charge in [0.05, 0.1) is 23.6 Å². The number of rotatable bonds is 4. The summed E-state index contributed by atoms with van der Waals surface area (Å²) in [6.07, 6.45) is 2.15. The van der Waals surface area contributed by atoms with E-state index in [-0.39, 0.29) is 24.0 Å². The van der Waals surface area contributed by atoms with Crippen LogP contribution in [0.4, 0.5) is 0 Å². The number of nitrogens with one attached hydrogen (secondary N) is 1. The van der Waals surface area contributed by atoms with Crippen molar-refractivity contribution in [1.82, 2.24) is 5.32 Å². The van der Waals surface area contributed by atoms with E-state index in [9.17, 15) is 9.90 Å². The monoisotopic (exact) mass is 343 g/mol. The van der Waals surface area contributed by atoms with Gasteiger partial charge in [0.25, 0.3) is 5.91 Å². The number of hydrogen-bond donors (Lipinski definition) is 2. The fraction of sp³-hybridized carbons (Fsp3) is 0.421. The number of benzene rings is 1. The molecule has 1 atom stereocenters. The minimum atomic E-state index is -0.240. The number of amides is 1. The molecule has 2 heterocycles. The van der Waals surface area contributed by atoms with Crippen LogP contribution in [0.3, 0.4) is 0 Å². The van der Waals surface area contributed by atoms with Crippen LogP contribution in [0.1, 0.15) is 44.6 Å². The zero-order chi connectivity index (χ0) is 16.7. The van der Waals surface area contributed by atoms with Gasteiger partial charge in [-0.25, -0.2) is 0 Å². The molecule has 1 aliphatic heterocycles. The molecule has 1 saturated carbocycles. The molecule has 0 bridgehead atoms. The SMILES string of the molecule is Cc1ccc(C(=O)NC(c2ccc3c(c2)CCO3)C2CC(O)C2)s1. The number of carbonyl (C=O) groups is 1. The van der Waals surface area contributed by atoms with Gasteiger partial charge in [-0.2, -0.15) is 0 Å². The van der Waals surface area contributed by atoms with Crippen LogP contribution < -0.4 is 10.1 Å². The molecular weight excluding hydrogens is 322 g/mol. The molecule has 24 heavy (non-hydrogen) atoms. The Balaban J connectivity index is 1.58. The number of thiophene rings is 1. The topological polar surface area (TPSA) is 58.6 Å². The number of aryl methyl sites for hydroxylation is 1. The maximum absolute atomic E-state index is 12.6. The summed E-state index contributed by atoms with van der Waals surface area (Å²) in [7, 11) is 0. The second-order valence-corrected chi connectivity index (χ2v) is 8.00. The largest absolute Gasteiger partial charge is 0.493 e. The smallest absolute Gasteiger partial charge is 0.261 e. The van der Waals surface area contributed by atoms with Crippen molar-refractivity contribution in [3.8, 4) is 5.75 Å². The first-order valence-electron chi connectivity index (χ1n) is 8.41. The van der Waals surface area contributed by atoms with Crippen molar-refractivity contribution in [3.63, 3.8) is 0 Å². The number of fused-ring (bicyclic) bond motifs is 1. The average molecular weight is 343 g/mol. The van der Waals surface area contributed by atoms with Crippen LogP contribution in [-0.4, -0.2) is 23.7 Å². The first-order valence-corrected chi connectivity index (χ1v) is 9.23. The molecule has 1 fully saturated rings. The van der Waals surface area contributed by atoms with Gasteiger partial charge < -0.3 is 15.2 Å². The van der Waals surface area contributed by atoms with Crippen LogP contribution in [0, 0.1) is 12.8 Å². The molecule has 0 saturated heterocycles. The molecule has 2 aliphatic rings. The number of carbonyl (C=O) groups excluding carboxylic acids is 1. The molecular formula is C19H21NO3S. The third-order valence-electron chi connectivity index (χ3n) is 4.94. The predicted molar refractivity (Wildman–Crippen MR) is 93.6 cm³/mol. The third-order valence-corrected chi connectivity index (χ3v) is 5.94. The van der Waals surface area contributed by atoms with Gasteiger partial charge in [0.1, 0.15) is 5.75 Å². The summed E-state index contributed by atoms with van der Waals surface area (Å²) >= 11 is 1.51. The Morgan fingerprint density at radius 1 is 1.33 bits per heavy atom. The molecule has 1 aromatic carbocycles. The van der Waals surface area contributed by atoms with Gasteiger partial charge in [0.15, 0.2) is 0 Å². The lowest BCUT2D eigenvalue weighted by molar-refractivity contribution is 0.0235. The Morgan fingerprint density at radius 3 is 2.88 bits per heavy atom. The normalized spacial score (nSPS) is 23.1.